The van der Waals surface area contributed by atoms with Crippen LogP contribution in [-0.2, 0) is 17.8 Å². The molecule has 6 heteroatoms. The smallest absolute Gasteiger partial charge is 0.254 e. The number of hydrogen-bond donors (Lipinski definition) is 1. The van der Waals surface area contributed by atoms with E-state index in [0.29, 0.717) is 38.0 Å². The van der Waals surface area contributed by atoms with E-state index in [0.717, 1.165) is 27.6 Å². The number of para-hydroxylation sites is 1. The van der Waals surface area contributed by atoms with E-state index in [9.17, 15) is 14.0 Å². The number of amides is 2. The molecule has 36 heavy (non-hydrogen) atoms. The van der Waals surface area contributed by atoms with Gasteiger partial charge in [0.15, 0.2) is 0 Å². The van der Waals surface area contributed by atoms with E-state index in [2.05, 4.69) is 11.1 Å². The van der Waals surface area contributed by atoms with Crippen LogP contribution in [0, 0.1) is 12.7 Å². The lowest BCUT2D eigenvalue weighted by Crippen LogP contribution is -2.43. The fourth-order valence-electron chi connectivity index (χ4n) is 4.36. The number of nitrogens with one attached hydrogen (secondary N) is 1. The first-order valence-corrected chi connectivity index (χ1v) is 12.4. The summed E-state index contributed by atoms with van der Waals surface area (Å²) in [6.07, 6.45) is 3.41. The quantitative estimate of drug-likeness (QED) is 0.311. The van der Waals surface area contributed by atoms with Gasteiger partial charge in [-0.1, -0.05) is 55.0 Å². The monoisotopic (exact) mass is 485 g/mol. The normalized spacial score (nSPS) is 11.0. The molecule has 1 heterocycles. The van der Waals surface area contributed by atoms with Crippen molar-refractivity contribution in [2.24, 2.45) is 0 Å². The average molecular weight is 486 g/mol. The Kier molecular flexibility index (Phi) is 8.16. The van der Waals surface area contributed by atoms with Gasteiger partial charge < -0.3 is 14.8 Å². The molecule has 1 N–H and O–H groups in total. The molecule has 0 aliphatic heterocycles. The number of benzene rings is 3. The summed E-state index contributed by atoms with van der Waals surface area (Å²) in [7, 11) is 0. The third-order valence-electron chi connectivity index (χ3n) is 6.37. The van der Waals surface area contributed by atoms with Crippen LogP contribution in [0.2, 0.25) is 0 Å². The number of aromatic amines is 1. The van der Waals surface area contributed by atoms with Crippen LogP contribution in [0.25, 0.3) is 10.9 Å². The number of rotatable bonds is 10. The Hall–Kier alpha value is -3.93. The minimum atomic E-state index is -0.397. The summed E-state index contributed by atoms with van der Waals surface area (Å²) >= 11 is 0. The maximum atomic E-state index is 13.6. The molecule has 186 valence electrons. The van der Waals surface area contributed by atoms with Gasteiger partial charge in [-0.2, -0.15) is 0 Å². The molecular formula is C30H32FN3O2. The van der Waals surface area contributed by atoms with Crippen LogP contribution >= 0.6 is 0 Å². The van der Waals surface area contributed by atoms with Gasteiger partial charge in [0.1, 0.15) is 12.4 Å². The topological polar surface area (TPSA) is 56.4 Å². The van der Waals surface area contributed by atoms with Crippen molar-refractivity contribution in [1.82, 2.24) is 14.8 Å². The van der Waals surface area contributed by atoms with Crippen molar-refractivity contribution in [2.45, 2.75) is 33.2 Å². The average Bonchev–Trinajstić information content (AvgIpc) is 3.30. The molecule has 5 nitrogen and oxygen atoms in total. The fraction of sp³-hybridized carbons (Fsp3) is 0.267. The van der Waals surface area contributed by atoms with Crippen molar-refractivity contribution in [1.29, 1.82) is 0 Å². The van der Waals surface area contributed by atoms with Crippen molar-refractivity contribution in [2.75, 3.05) is 19.6 Å². The van der Waals surface area contributed by atoms with E-state index in [4.69, 9.17) is 0 Å². The Morgan fingerprint density at radius 1 is 0.889 bits per heavy atom. The highest BCUT2D eigenvalue weighted by atomic mass is 19.1. The summed E-state index contributed by atoms with van der Waals surface area (Å²) in [6, 6.07) is 21.7. The standard InChI is InChI=1S/C30H32FN3O2/c1-3-17-34(30(36)24-12-14-26(31)15-13-24)21-29(35)33(20-23-10-8-22(2)9-11-23)18-16-25-19-32-28-7-5-4-6-27(25)28/h4-15,19,32H,3,16-18,20-21H2,1-2H3. The first kappa shape index (κ1) is 25.2. The highest BCUT2D eigenvalue weighted by molar-refractivity contribution is 5.96. The summed E-state index contributed by atoms with van der Waals surface area (Å²) in [6.45, 7) is 5.42. The molecule has 0 saturated carbocycles. The molecule has 0 fully saturated rings. The minimum Gasteiger partial charge on any atom is -0.361 e. The maximum absolute atomic E-state index is 13.6. The number of fused-ring (bicyclic) bond motifs is 1. The van der Waals surface area contributed by atoms with E-state index in [1.54, 1.807) is 4.90 Å². The Morgan fingerprint density at radius 3 is 2.33 bits per heavy atom. The molecule has 4 rings (SSSR count). The molecule has 0 spiro atoms. The number of aryl methyl sites for hydroxylation is 1. The lowest BCUT2D eigenvalue weighted by molar-refractivity contribution is -0.132. The molecule has 0 radical (unpaired) electrons. The second-order valence-corrected chi connectivity index (χ2v) is 9.14. The van der Waals surface area contributed by atoms with Crippen LogP contribution in [0.15, 0.2) is 79.0 Å². The summed E-state index contributed by atoms with van der Waals surface area (Å²) < 4.78 is 13.4. The van der Waals surface area contributed by atoms with E-state index in [1.807, 2.05) is 67.4 Å². The van der Waals surface area contributed by atoms with Crippen LogP contribution in [0.3, 0.4) is 0 Å². The van der Waals surface area contributed by atoms with Gasteiger partial charge in [-0.25, -0.2) is 4.39 Å². The lowest BCUT2D eigenvalue weighted by Gasteiger charge is -2.28. The van der Waals surface area contributed by atoms with E-state index in [1.165, 1.54) is 24.3 Å². The number of carbonyl (C=O) groups is 2. The molecule has 0 bridgehead atoms. The number of hydrogen-bond acceptors (Lipinski definition) is 2. The van der Waals surface area contributed by atoms with Gasteiger partial charge in [0.25, 0.3) is 5.91 Å². The van der Waals surface area contributed by atoms with Gasteiger partial charge in [-0.15, -0.1) is 0 Å². The van der Waals surface area contributed by atoms with Crippen molar-refractivity contribution >= 4 is 22.7 Å². The zero-order valence-electron chi connectivity index (χ0n) is 20.8. The molecule has 0 saturated heterocycles. The van der Waals surface area contributed by atoms with Crippen LogP contribution < -0.4 is 0 Å². The van der Waals surface area contributed by atoms with E-state index < -0.39 is 5.82 Å². The molecule has 0 unspecified atom stereocenters. The van der Waals surface area contributed by atoms with Crippen LogP contribution in [0.1, 0.15) is 40.4 Å². The number of H-pyrrole nitrogens is 1. The van der Waals surface area contributed by atoms with Crippen molar-refractivity contribution in [3.63, 3.8) is 0 Å². The molecule has 0 aliphatic rings. The first-order valence-electron chi connectivity index (χ1n) is 12.4. The van der Waals surface area contributed by atoms with E-state index in [-0.39, 0.29) is 18.4 Å². The Morgan fingerprint density at radius 2 is 1.61 bits per heavy atom. The third-order valence-corrected chi connectivity index (χ3v) is 6.37. The van der Waals surface area contributed by atoms with E-state index >= 15 is 0 Å². The molecule has 0 atom stereocenters. The second-order valence-electron chi connectivity index (χ2n) is 9.14. The Labute approximate surface area is 211 Å². The number of nitrogens with zero attached hydrogens (tertiary/aromatic N) is 2. The fourth-order valence-corrected chi connectivity index (χ4v) is 4.36. The predicted octanol–water partition coefficient (Wildman–Crippen LogP) is 5.74. The van der Waals surface area contributed by atoms with Gasteiger partial charge in [0.05, 0.1) is 0 Å². The van der Waals surface area contributed by atoms with Crippen LogP contribution in [0.4, 0.5) is 4.39 Å². The molecule has 4 aromatic rings. The summed E-state index contributed by atoms with van der Waals surface area (Å²) in [4.78, 5) is 33.4. The zero-order valence-corrected chi connectivity index (χ0v) is 20.8. The molecule has 2 amide bonds. The number of halogens is 1. The van der Waals surface area contributed by atoms with Crippen LogP contribution in [0.5, 0.6) is 0 Å². The zero-order chi connectivity index (χ0) is 25.5. The van der Waals surface area contributed by atoms with Gasteiger partial charge >= 0.3 is 0 Å². The lowest BCUT2D eigenvalue weighted by atomic mass is 10.1. The van der Waals surface area contributed by atoms with Crippen LogP contribution in [-0.4, -0.2) is 46.2 Å². The highest BCUT2D eigenvalue weighted by Crippen LogP contribution is 2.19. The second kappa shape index (κ2) is 11.7. The molecule has 1 aromatic heterocycles. The molecular weight excluding hydrogens is 453 g/mol. The predicted molar refractivity (Wildman–Crippen MR) is 141 cm³/mol. The molecule has 0 aliphatic carbocycles. The first-order chi connectivity index (χ1) is 17.4. The van der Waals surface area contributed by atoms with Gasteiger partial charge in [-0.3, -0.25) is 9.59 Å². The van der Waals surface area contributed by atoms with Crippen molar-refractivity contribution in [3.8, 4) is 0 Å². The highest BCUT2D eigenvalue weighted by Gasteiger charge is 2.22. The summed E-state index contributed by atoms with van der Waals surface area (Å²) in [5, 5.41) is 1.15. The van der Waals surface area contributed by atoms with Crippen molar-refractivity contribution in [3.05, 3.63) is 107 Å². The Balaban J connectivity index is 1.53. The van der Waals surface area contributed by atoms with Gasteiger partial charge in [0.2, 0.25) is 5.91 Å². The van der Waals surface area contributed by atoms with Crippen molar-refractivity contribution < 1.29 is 14.0 Å². The summed E-state index contributed by atoms with van der Waals surface area (Å²) in [5.41, 5.74) is 4.80. The number of aromatic nitrogens is 1. The number of carbonyl (C=O) groups excluding carboxylic acids is 2. The van der Waals surface area contributed by atoms with Gasteiger partial charge in [0, 0.05) is 42.3 Å². The molecule has 3 aromatic carbocycles. The minimum absolute atomic E-state index is 0.0240. The summed E-state index contributed by atoms with van der Waals surface area (Å²) in [5.74, 6) is -0.775. The largest absolute Gasteiger partial charge is 0.361 e. The Bertz CT molecular complexity index is 1310. The third kappa shape index (κ3) is 6.19. The van der Waals surface area contributed by atoms with Gasteiger partial charge in [-0.05, 0) is 61.2 Å². The SMILES string of the molecule is CCCN(CC(=O)N(CCc1c[nH]c2ccccc12)Cc1ccc(C)cc1)C(=O)c1ccc(F)cc1. The maximum Gasteiger partial charge on any atom is 0.254 e.